The van der Waals surface area contributed by atoms with Gasteiger partial charge in [0.1, 0.15) is 5.69 Å². The summed E-state index contributed by atoms with van der Waals surface area (Å²) in [6, 6.07) is 20.5. The van der Waals surface area contributed by atoms with E-state index in [1.165, 1.54) is 22.3 Å². The zero-order valence-electron chi connectivity index (χ0n) is 15.9. The molecule has 0 unspecified atom stereocenters. The first-order valence-corrected chi connectivity index (χ1v) is 9.68. The van der Waals surface area contributed by atoms with Crippen molar-refractivity contribution in [1.29, 1.82) is 0 Å². The molecule has 1 amide bonds. The second-order valence-corrected chi connectivity index (χ2v) is 7.47. The number of hydrogen-bond acceptors (Lipinski definition) is 2. The highest BCUT2D eigenvalue weighted by molar-refractivity contribution is 5.98. The largest absolute Gasteiger partial charge is 0.448 e. The Labute approximate surface area is 164 Å². The number of carbonyl (C=O) groups excluding carboxylic acids is 1. The first-order chi connectivity index (χ1) is 13.7. The molecule has 0 radical (unpaired) electrons. The minimum absolute atomic E-state index is 0.0643. The number of benzene rings is 2. The number of carbonyl (C=O) groups is 1. The molecule has 0 spiro atoms. The Morgan fingerprint density at radius 1 is 1.04 bits per heavy atom. The lowest BCUT2D eigenvalue weighted by Crippen LogP contribution is -2.37. The van der Waals surface area contributed by atoms with Crippen LogP contribution >= 0.6 is 0 Å². The van der Waals surface area contributed by atoms with Gasteiger partial charge in [0, 0.05) is 18.5 Å². The zero-order chi connectivity index (χ0) is 19.1. The van der Waals surface area contributed by atoms with Crippen LogP contribution in [0.5, 0.6) is 0 Å². The van der Waals surface area contributed by atoms with Crippen molar-refractivity contribution < 1.29 is 9.21 Å². The SMILES string of the molecule is Cc1ccccc1Cn1c(C(=O)N2CCc3ccccc3C2)cc2ccoc21. The molecule has 2 aromatic carbocycles. The summed E-state index contributed by atoms with van der Waals surface area (Å²) in [4.78, 5) is 15.4. The molecule has 2 aromatic heterocycles. The standard InChI is InChI=1S/C24H22N2O2/c1-17-6-2-3-8-20(17)16-26-22(14-19-11-13-28-24(19)26)23(27)25-12-10-18-7-4-5-9-21(18)15-25/h2-9,11,13-14H,10,12,15-16H2,1H3. The summed E-state index contributed by atoms with van der Waals surface area (Å²) in [5.74, 6) is 0.0643. The van der Waals surface area contributed by atoms with Crippen LogP contribution in [0.4, 0.5) is 0 Å². The Kier molecular flexibility index (Phi) is 4.05. The van der Waals surface area contributed by atoms with Crippen molar-refractivity contribution in [3.63, 3.8) is 0 Å². The van der Waals surface area contributed by atoms with Crippen molar-refractivity contribution in [2.45, 2.75) is 26.4 Å². The van der Waals surface area contributed by atoms with Gasteiger partial charge in [-0.15, -0.1) is 0 Å². The first-order valence-electron chi connectivity index (χ1n) is 9.68. The molecule has 140 valence electrons. The molecule has 28 heavy (non-hydrogen) atoms. The van der Waals surface area contributed by atoms with Gasteiger partial charge in [0.15, 0.2) is 0 Å². The lowest BCUT2D eigenvalue weighted by atomic mass is 10.00. The van der Waals surface area contributed by atoms with Crippen molar-refractivity contribution in [1.82, 2.24) is 9.47 Å². The molecule has 1 aliphatic rings. The van der Waals surface area contributed by atoms with Crippen LogP contribution in [0.2, 0.25) is 0 Å². The van der Waals surface area contributed by atoms with Gasteiger partial charge in [-0.2, -0.15) is 0 Å². The van der Waals surface area contributed by atoms with Crippen molar-refractivity contribution in [3.05, 3.63) is 94.9 Å². The molecule has 5 rings (SSSR count). The lowest BCUT2D eigenvalue weighted by Gasteiger charge is -2.29. The minimum atomic E-state index is 0.0643. The molecule has 0 saturated carbocycles. The molecular formula is C24H22N2O2. The predicted octanol–water partition coefficient (Wildman–Crippen LogP) is 4.79. The van der Waals surface area contributed by atoms with Gasteiger partial charge in [0.25, 0.3) is 5.91 Å². The average molecular weight is 370 g/mol. The Morgan fingerprint density at radius 3 is 2.68 bits per heavy atom. The summed E-state index contributed by atoms with van der Waals surface area (Å²) < 4.78 is 7.74. The smallest absolute Gasteiger partial charge is 0.270 e. The Bertz CT molecular complexity index is 1170. The van der Waals surface area contributed by atoms with Crippen LogP contribution in [0.1, 0.15) is 32.7 Å². The number of hydrogen-bond donors (Lipinski definition) is 0. The van der Waals surface area contributed by atoms with Crippen LogP contribution in [0.25, 0.3) is 11.1 Å². The minimum Gasteiger partial charge on any atom is -0.448 e. The van der Waals surface area contributed by atoms with E-state index in [0.717, 1.165) is 24.1 Å². The number of rotatable bonds is 3. The normalized spacial score (nSPS) is 13.7. The Hall–Kier alpha value is -3.27. The van der Waals surface area contributed by atoms with Crippen LogP contribution < -0.4 is 0 Å². The van der Waals surface area contributed by atoms with Crippen molar-refractivity contribution >= 4 is 17.0 Å². The summed E-state index contributed by atoms with van der Waals surface area (Å²) in [5, 5.41) is 0.967. The predicted molar refractivity (Wildman–Crippen MR) is 109 cm³/mol. The molecule has 4 nitrogen and oxygen atoms in total. The molecule has 0 atom stereocenters. The van der Waals surface area contributed by atoms with Crippen LogP contribution in [0, 0.1) is 6.92 Å². The molecule has 3 heterocycles. The Morgan fingerprint density at radius 2 is 1.82 bits per heavy atom. The van der Waals surface area contributed by atoms with E-state index in [9.17, 15) is 4.79 Å². The van der Waals surface area contributed by atoms with Crippen LogP contribution in [-0.4, -0.2) is 21.9 Å². The Balaban J connectivity index is 1.52. The third-order valence-corrected chi connectivity index (χ3v) is 5.73. The maximum atomic E-state index is 13.4. The summed E-state index contributed by atoms with van der Waals surface area (Å²) >= 11 is 0. The molecule has 0 fully saturated rings. The van der Waals surface area contributed by atoms with E-state index in [4.69, 9.17) is 4.42 Å². The third kappa shape index (κ3) is 2.82. The van der Waals surface area contributed by atoms with E-state index >= 15 is 0 Å². The molecule has 0 N–H and O–H groups in total. The van der Waals surface area contributed by atoms with Crippen LogP contribution in [-0.2, 0) is 19.5 Å². The third-order valence-electron chi connectivity index (χ3n) is 5.73. The number of nitrogens with zero attached hydrogens (tertiary/aromatic N) is 2. The number of furan rings is 1. The fourth-order valence-corrected chi connectivity index (χ4v) is 4.10. The highest BCUT2D eigenvalue weighted by atomic mass is 16.3. The van der Waals surface area contributed by atoms with Gasteiger partial charge in [-0.05, 0) is 47.7 Å². The second kappa shape index (κ2) is 6.71. The maximum Gasteiger partial charge on any atom is 0.270 e. The van der Waals surface area contributed by atoms with Gasteiger partial charge >= 0.3 is 0 Å². The number of aromatic nitrogens is 1. The zero-order valence-corrected chi connectivity index (χ0v) is 15.9. The fourth-order valence-electron chi connectivity index (χ4n) is 4.10. The van der Waals surface area contributed by atoms with Gasteiger partial charge in [-0.25, -0.2) is 0 Å². The second-order valence-electron chi connectivity index (χ2n) is 7.47. The quantitative estimate of drug-likeness (QED) is 0.520. The number of fused-ring (bicyclic) bond motifs is 2. The van der Waals surface area contributed by atoms with E-state index in [-0.39, 0.29) is 5.91 Å². The van der Waals surface area contributed by atoms with E-state index in [2.05, 4.69) is 37.3 Å². The molecule has 4 heteroatoms. The van der Waals surface area contributed by atoms with Gasteiger partial charge < -0.3 is 13.9 Å². The van der Waals surface area contributed by atoms with E-state index in [1.54, 1.807) is 6.26 Å². The highest BCUT2D eigenvalue weighted by Crippen LogP contribution is 2.26. The topological polar surface area (TPSA) is 38.4 Å². The molecule has 0 aliphatic carbocycles. The van der Waals surface area contributed by atoms with E-state index in [1.807, 2.05) is 39.8 Å². The van der Waals surface area contributed by atoms with E-state index < -0.39 is 0 Å². The summed E-state index contributed by atoms with van der Waals surface area (Å²) in [6.45, 7) is 4.12. The first kappa shape index (κ1) is 16.9. The van der Waals surface area contributed by atoms with Crippen LogP contribution in [0.15, 0.2) is 71.3 Å². The van der Waals surface area contributed by atoms with Crippen molar-refractivity contribution in [3.8, 4) is 0 Å². The highest BCUT2D eigenvalue weighted by Gasteiger charge is 2.26. The van der Waals surface area contributed by atoms with Gasteiger partial charge in [0.05, 0.1) is 12.8 Å². The van der Waals surface area contributed by atoms with Gasteiger partial charge in [-0.1, -0.05) is 48.5 Å². The van der Waals surface area contributed by atoms with Crippen molar-refractivity contribution in [2.24, 2.45) is 0 Å². The molecule has 4 aromatic rings. The maximum absolute atomic E-state index is 13.4. The van der Waals surface area contributed by atoms with Crippen molar-refractivity contribution in [2.75, 3.05) is 6.54 Å². The summed E-state index contributed by atoms with van der Waals surface area (Å²) in [5.41, 5.74) is 6.43. The molecule has 0 bridgehead atoms. The monoisotopic (exact) mass is 370 g/mol. The molecule has 1 aliphatic heterocycles. The fraction of sp³-hybridized carbons (Fsp3) is 0.208. The molecular weight excluding hydrogens is 348 g/mol. The van der Waals surface area contributed by atoms with Gasteiger partial charge in [-0.3, -0.25) is 4.79 Å². The number of amides is 1. The number of aryl methyl sites for hydroxylation is 1. The van der Waals surface area contributed by atoms with Crippen LogP contribution in [0.3, 0.4) is 0 Å². The van der Waals surface area contributed by atoms with E-state index in [0.29, 0.717) is 18.8 Å². The average Bonchev–Trinajstić information content (AvgIpc) is 3.31. The summed E-state index contributed by atoms with van der Waals surface area (Å²) in [7, 11) is 0. The van der Waals surface area contributed by atoms with Gasteiger partial charge in [0.2, 0.25) is 5.71 Å². The molecule has 0 saturated heterocycles. The summed E-state index contributed by atoms with van der Waals surface area (Å²) in [6.07, 6.45) is 2.58. The lowest BCUT2D eigenvalue weighted by molar-refractivity contribution is 0.0724.